The zero-order chi connectivity index (χ0) is 23.9. The number of ketones is 1. The van der Waals surface area contributed by atoms with Crippen molar-refractivity contribution in [2.45, 2.75) is 13.0 Å². The van der Waals surface area contributed by atoms with Crippen LogP contribution in [0, 0.1) is 0 Å². The van der Waals surface area contributed by atoms with E-state index in [4.69, 9.17) is 9.47 Å². The largest absolute Gasteiger partial charge is 0.503 e. The van der Waals surface area contributed by atoms with Gasteiger partial charge < -0.3 is 19.5 Å². The highest BCUT2D eigenvalue weighted by molar-refractivity contribution is 6.14. The smallest absolute Gasteiger partial charge is 0.290 e. The lowest BCUT2D eigenvalue weighted by Crippen LogP contribution is -2.43. The normalized spacial score (nSPS) is 19.3. The van der Waals surface area contributed by atoms with Crippen LogP contribution in [0.2, 0.25) is 0 Å². The maximum Gasteiger partial charge on any atom is 0.290 e. The van der Waals surface area contributed by atoms with Gasteiger partial charge in [-0.2, -0.15) is 0 Å². The van der Waals surface area contributed by atoms with Crippen molar-refractivity contribution in [3.05, 3.63) is 83.1 Å². The van der Waals surface area contributed by atoms with E-state index >= 15 is 0 Å². The van der Waals surface area contributed by atoms with Crippen LogP contribution in [0.4, 0.5) is 0 Å². The fourth-order valence-electron chi connectivity index (χ4n) is 4.30. The van der Waals surface area contributed by atoms with E-state index in [2.05, 4.69) is 4.90 Å². The fourth-order valence-corrected chi connectivity index (χ4v) is 4.30. The number of hydrogen-bond acceptors (Lipinski definition) is 6. The number of carbonyl (C=O) groups is 2. The quantitative estimate of drug-likeness (QED) is 0.576. The summed E-state index contributed by atoms with van der Waals surface area (Å²) in [5, 5.41) is 10.8. The summed E-state index contributed by atoms with van der Waals surface area (Å²) in [5.41, 5.74) is 1.71. The Morgan fingerprint density at radius 3 is 2.47 bits per heavy atom. The number of aliphatic hydroxyl groups is 1. The van der Waals surface area contributed by atoms with Gasteiger partial charge in [-0.15, -0.1) is 0 Å². The number of ether oxygens (including phenoxy) is 2. The van der Waals surface area contributed by atoms with E-state index in [0.29, 0.717) is 38.7 Å². The number of carbonyl (C=O) groups excluding carboxylic acids is 2. The molecule has 1 amide bonds. The second-order valence-corrected chi connectivity index (χ2v) is 8.23. The molecule has 0 aromatic heterocycles. The first-order chi connectivity index (χ1) is 16.6. The minimum absolute atomic E-state index is 0.100. The maximum atomic E-state index is 13.2. The number of morpholine rings is 1. The van der Waals surface area contributed by atoms with E-state index in [0.717, 1.165) is 24.2 Å². The van der Waals surface area contributed by atoms with Crippen LogP contribution in [-0.4, -0.2) is 72.6 Å². The summed E-state index contributed by atoms with van der Waals surface area (Å²) < 4.78 is 11.0. The number of nitrogens with zero attached hydrogens (tertiary/aromatic N) is 2. The minimum Gasteiger partial charge on any atom is -0.503 e. The zero-order valence-electron chi connectivity index (χ0n) is 19.4. The van der Waals surface area contributed by atoms with Crippen molar-refractivity contribution in [3.8, 4) is 5.75 Å². The Morgan fingerprint density at radius 2 is 1.79 bits per heavy atom. The lowest BCUT2D eigenvalue weighted by atomic mass is 9.95. The molecule has 1 N–H and O–H groups in total. The lowest BCUT2D eigenvalue weighted by molar-refractivity contribution is -0.129. The molecule has 1 saturated heterocycles. The summed E-state index contributed by atoms with van der Waals surface area (Å²) in [6.07, 6.45) is 3.11. The number of amides is 1. The summed E-state index contributed by atoms with van der Waals surface area (Å²) in [4.78, 5) is 30.1. The van der Waals surface area contributed by atoms with Gasteiger partial charge in [0.2, 0.25) is 0 Å². The molecule has 34 heavy (non-hydrogen) atoms. The SMILES string of the molecule is CCOc1ccc(C2C(C(=O)/C=C/c3ccccc3)=C(O)C(=O)N2CCN2CCOCC2)cc1. The molecule has 1 unspecified atom stereocenters. The summed E-state index contributed by atoms with van der Waals surface area (Å²) in [5.74, 6) is -0.685. The topological polar surface area (TPSA) is 79.3 Å². The Labute approximate surface area is 199 Å². The third kappa shape index (κ3) is 5.38. The Kier molecular flexibility index (Phi) is 7.77. The van der Waals surface area contributed by atoms with Crippen molar-refractivity contribution >= 4 is 17.8 Å². The van der Waals surface area contributed by atoms with E-state index in [-0.39, 0.29) is 11.4 Å². The highest BCUT2D eigenvalue weighted by Crippen LogP contribution is 2.38. The molecular formula is C27H30N2O5. The lowest BCUT2D eigenvalue weighted by Gasteiger charge is -2.31. The third-order valence-electron chi connectivity index (χ3n) is 6.06. The van der Waals surface area contributed by atoms with Gasteiger partial charge in [0.1, 0.15) is 5.75 Å². The molecule has 0 spiro atoms. The number of hydrogen-bond donors (Lipinski definition) is 1. The van der Waals surface area contributed by atoms with Crippen LogP contribution in [0.15, 0.2) is 72.0 Å². The molecule has 2 aromatic carbocycles. The van der Waals surface area contributed by atoms with Gasteiger partial charge in [-0.1, -0.05) is 48.5 Å². The minimum atomic E-state index is -0.669. The molecular weight excluding hydrogens is 432 g/mol. The number of benzene rings is 2. The molecule has 0 aliphatic carbocycles. The van der Waals surface area contributed by atoms with Gasteiger partial charge in [0.25, 0.3) is 5.91 Å². The van der Waals surface area contributed by atoms with Crippen LogP contribution in [-0.2, 0) is 14.3 Å². The summed E-state index contributed by atoms with van der Waals surface area (Å²) >= 11 is 0. The van der Waals surface area contributed by atoms with Gasteiger partial charge >= 0.3 is 0 Å². The van der Waals surface area contributed by atoms with Crippen LogP contribution in [0.1, 0.15) is 24.1 Å². The van der Waals surface area contributed by atoms with Crippen LogP contribution in [0.5, 0.6) is 5.75 Å². The molecule has 0 radical (unpaired) electrons. The molecule has 2 aliphatic heterocycles. The summed E-state index contributed by atoms with van der Waals surface area (Å²) in [7, 11) is 0. The zero-order valence-corrected chi connectivity index (χ0v) is 19.4. The van der Waals surface area contributed by atoms with E-state index in [1.165, 1.54) is 6.08 Å². The molecule has 0 saturated carbocycles. The molecule has 7 nitrogen and oxygen atoms in total. The third-order valence-corrected chi connectivity index (χ3v) is 6.06. The Bertz CT molecular complexity index is 1060. The fraction of sp³-hybridized carbons (Fsp3) is 0.333. The van der Waals surface area contributed by atoms with Crippen molar-refractivity contribution < 1.29 is 24.2 Å². The second-order valence-electron chi connectivity index (χ2n) is 8.23. The Hall–Kier alpha value is -3.42. The molecule has 2 aliphatic rings. The Morgan fingerprint density at radius 1 is 1.09 bits per heavy atom. The van der Waals surface area contributed by atoms with Gasteiger partial charge in [-0.05, 0) is 36.3 Å². The molecule has 1 atom stereocenters. The molecule has 1 fully saturated rings. The van der Waals surface area contributed by atoms with Crippen LogP contribution in [0.25, 0.3) is 6.08 Å². The van der Waals surface area contributed by atoms with E-state index in [1.54, 1.807) is 11.0 Å². The van der Waals surface area contributed by atoms with Crippen LogP contribution >= 0.6 is 0 Å². The summed E-state index contributed by atoms with van der Waals surface area (Å²) in [6, 6.07) is 16.1. The van der Waals surface area contributed by atoms with E-state index in [9.17, 15) is 14.7 Å². The monoisotopic (exact) mass is 462 g/mol. The van der Waals surface area contributed by atoms with Crippen molar-refractivity contribution in [1.82, 2.24) is 9.80 Å². The molecule has 4 rings (SSSR count). The van der Waals surface area contributed by atoms with Crippen molar-refractivity contribution in [3.63, 3.8) is 0 Å². The number of aliphatic hydroxyl groups excluding tert-OH is 1. The standard InChI is InChI=1S/C27H30N2O5/c1-2-34-22-11-9-21(10-12-22)25-24(23(30)13-8-20-6-4-3-5-7-20)26(31)27(32)29(25)15-14-28-16-18-33-19-17-28/h3-13,25,31H,2,14-19H2,1H3/b13-8+. The molecule has 2 aromatic rings. The van der Waals surface area contributed by atoms with Crippen molar-refractivity contribution in [1.29, 1.82) is 0 Å². The van der Waals surface area contributed by atoms with Crippen LogP contribution in [0.3, 0.4) is 0 Å². The average Bonchev–Trinajstić information content (AvgIpc) is 3.13. The first-order valence-corrected chi connectivity index (χ1v) is 11.6. The first-order valence-electron chi connectivity index (χ1n) is 11.6. The van der Waals surface area contributed by atoms with E-state index < -0.39 is 17.7 Å². The van der Waals surface area contributed by atoms with Gasteiger partial charge in [0, 0.05) is 26.2 Å². The predicted octanol–water partition coefficient (Wildman–Crippen LogP) is 3.40. The van der Waals surface area contributed by atoms with Gasteiger partial charge in [0.15, 0.2) is 11.5 Å². The van der Waals surface area contributed by atoms with Gasteiger partial charge in [-0.3, -0.25) is 14.5 Å². The van der Waals surface area contributed by atoms with Crippen molar-refractivity contribution in [2.75, 3.05) is 46.0 Å². The highest BCUT2D eigenvalue weighted by Gasteiger charge is 2.42. The van der Waals surface area contributed by atoms with Crippen LogP contribution < -0.4 is 4.74 Å². The first kappa shape index (κ1) is 23.7. The maximum absolute atomic E-state index is 13.2. The van der Waals surface area contributed by atoms with Gasteiger partial charge in [-0.25, -0.2) is 0 Å². The van der Waals surface area contributed by atoms with Crippen molar-refractivity contribution in [2.24, 2.45) is 0 Å². The predicted molar refractivity (Wildman–Crippen MR) is 129 cm³/mol. The number of allylic oxidation sites excluding steroid dienone is 1. The Balaban J connectivity index is 1.61. The summed E-state index contributed by atoms with van der Waals surface area (Å²) in [6.45, 7) is 6.38. The molecule has 2 heterocycles. The van der Waals surface area contributed by atoms with Gasteiger partial charge in [0.05, 0.1) is 31.4 Å². The average molecular weight is 463 g/mol. The highest BCUT2D eigenvalue weighted by atomic mass is 16.5. The second kappa shape index (κ2) is 11.1. The molecule has 7 heteroatoms. The van der Waals surface area contributed by atoms with E-state index in [1.807, 2.05) is 61.5 Å². The molecule has 0 bridgehead atoms. The number of rotatable bonds is 9. The molecule has 178 valence electrons.